The highest BCUT2D eigenvalue weighted by molar-refractivity contribution is 8.77. The number of imidazole rings is 1. The van der Waals surface area contributed by atoms with Gasteiger partial charge in [-0.15, -0.1) is 0 Å². The summed E-state index contributed by atoms with van der Waals surface area (Å²) >= 11 is 0. The Morgan fingerprint density at radius 1 is 0.809 bits per heavy atom. The van der Waals surface area contributed by atoms with Crippen LogP contribution in [0.4, 0.5) is 11.5 Å². The van der Waals surface area contributed by atoms with Crippen LogP contribution in [-0.2, 0) is 85.7 Å². The van der Waals surface area contributed by atoms with Crippen molar-refractivity contribution in [2.24, 2.45) is 0 Å². The Morgan fingerprint density at radius 2 is 1.51 bits per heavy atom. The topological polar surface area (TPSA) is 399 Å². The number of ether oxygens (including phenoxy) is 7. The molecule has 0 bridgehead atoms. The zero-order valence-corrected chi connectivity index (χ0v) is 56.1. The Bertz CT molecular complexity index is 3950. The number of hydrogen-bond acceptors (Lipinski definition) is 24. The first-order valence-electron chi connectivity index (χ1n) is 31.0. The monoisotopic (exact) mass is 1400 g/mol. The lowest BCUT2D eigenvalue weighted by Crippen LogP contribution is -2.45. The zero-order chi connectivity index (χ0) is 66.4. The normalized spacial score (nSPS) is 19.6. The number of hydrogen-bond donors (Lipinski definition) is 7. The molecule has 1 fully saturated rings. The minimum absolute atomic E-state index is 0.0527. The molecule has 6 aliphatic rings. The van der Waals surface area contributed by atoms with Gasteiger partial charge in [0, 0.05) is 101 Å². The molecular weight excluding hydrogens is 1330 g/mol. The molecule has 2 amide bonds. The number of phosphoric ester groups is 1. The molecule has 3 aromatic carbocycles. The number of phosphoric acid groups is 3. The van der Waals surface area contributed by atoms with Crippen molar-refractivity contribution in [1.29, 1.82) is 0 Å². The largest absolute Gasteiger partial charge is 0.545 e. The summed E-state index contributed by atoms with van der Waals surface area (Å²) in [6, 6.07) is 9.31. The molecular formula is C59H76N9O21P3S2. The molecule has 11 rings (SSSR count). The third kappa shape index (κ3) is 17.1. The molecule has 30 nitrogen and oxygen atoms in total. The van der Waals surface area contributed by atoms with Crippen LogP contribution in [0.25, 0.3) is 16.7 Å². The van der Waals surface area contributed by atoms with Crippen LogP contribution in [0.1, 0.15) is 113 Å². The Hall–Kier alpha value is -5.44. The molecule has 0 aliphatic carbocycles. The quantitative estimate of drug-likeness (QED) is 0.0102. The number of nitrogens with zero attached hydrogens (tertiary/aromatic N) is 6. The van der Waals surface area contributed by atoms with Gasteiger partial charge in [0.25, 0.3) is 5.91 Å². The van der Waals surface area contributed by atoms with Gasteiger partial charge in [-0.05, 0) is 87.8 Å². The molecule has 1 saturated heterocycles. The van der Waals surface area contributed by atoms with Crippen LogP contribution in [0, 0.1) is 0 Å². The minimum atomic E-state index is -5.76. The molecule has 0 saturated carbocycles. The summed E-state index contributed by atoms with van der Waals surface area (Å²) in [5.41, 5.74) is 15.1. The number of nitrogen functional groups attached to an aromatic ring is 1. The summed E-state index contributed by atoms with van der Waals surface area (Å²) in [4.78, 5) is 91.7. The molecule has 0 spiro atoms. The lowest BCUT2D eigenvalue weighted by Gasteiger charge is -2.39. The van der Waals surface area contributed by atoms with E-state index in [0.717, 1.165) is 105 Å². The molecule has 5 aromatic rings. The average molecular weight is 1400 g/mol. The fraction of sp³-hybridized carbons (Fsp3) is 0.542. The Balaban J connectivity index is 0.561. The number of aromatic carboxylic acids is 1. The van der Waals surface area contributed by atoms with Gasteiger partial charge in [-0.25, -0.2) is 33.2 Å². The number of fused-ring (bicyclic) bond motifs is 5. The first kappa shape index (κ1) is 69.9. The van der Waals surface area contributed by atoms with Crippen molar-refractivity contribution in [1.82, 2.24) is 34.7 Å². The zero-order valence-electron chi connectivity index (χ0n) is 51.8. The van der Waals surface area contributed by atoms with Crippen LogP contribution in [0.15, 0.2) is 43.0 Å². The second-order valence-corrected chi connectivity index (χ2v) is 31.1. The van der Waals surface area contributed by atoms with Crippen molar-refractivity contribution in [2.45, 2.75) is 101 Å². The summed E-state index contributed by atoms with van der Waals surface area (Å²) < 4.78 is 93.3. The van der Waals surface area contributed by atoms with Gasteiger partial charge in [-0.2, -0.15) is 8.62 Å². The van der Waals surface area contributed by atoms with E-state index in [-0.39, 0.29) is 93.3 Å². The number of nitrogens with one attached hydrogen (secondary N) is 2. The number of aryl methyl sites for hydroxylation is 2. The molecule has 2 unspecified atom stereocenters. The van der Waals surface area contributed by atoms with E-state index in [1.807, 2.05) is 13.8 Å². The Kier molecular flexibility index (Phi) is 22.7. The van der Waals surface area contributed by atoms with Crippen molar-refractivity contribution < 1.29 is 99.1 Å². The fourth-order valence-corrected chi connectivity index (χ4v) is 17.8. The van der Waals surface area contributed by atoms with Crippen molar-refractivity contribution >= 4 is 91.1 Å². The lowest BCUT2D eigenvalue weighted by atomic mass is 9.81. The third-order valence-corrected chi connectivity index (χ3v) is 23.3. The van der Waals surface area contributed by atoms with E-state index >= 15 is 0 Å². The molecule has 35 heteroatoms. The highest BCUT2D eigenvalue weighted by Crippen LogP contribution is 2.66. The molecule has 8 heterocycles. The summed E-state index contributed by atoms with van der Waals surface area (Å²) in [6.45, 7) is 9.65. The second kappa shape index (κ2) is 30.5. The van der Waals surface area contributed by atoms with Gasteiger partial charge in [0.1, 0.15) is 54.7 Å². The van der Waals surface area contributed by atoms with Crippen LogP contribution >= 0.6 is 45.1 Å². The van der Waals surface area contributed by atoms with Gasteiger partial charge in [0.2, 0.25) is 11.3 Å². The maximum Gasteiger partial charge on any atom is 0.490 e. The van der Waals surface area contributed by atoms with Gasteiger partial charge in [-0.3, -0.25) is 18.7 Å². The van der Waals surface area contributed by atoms with Gasteiger partial charge in [0.05, 0.1) is 83.4 Å². The number of carboxylic acid groups (broad SMARTS) is 1. The maximum atomic E-state index is 13.5. The van der Waals surface area contributed by atoms with E-state index in [1.165, 1.54) is 78.2 Å². The Labute approximate surface area is 548 Å². The lowest BCUT2D eigenvalue weighted by molar-refractivity contribution is -0.255. The molecule has 2 aromatic heterocycles. The van der Waals surface area contributed by atoms with Crippen LogP contribution in [0.3, 0.4) is 0 Å². The minimum Gasteiger partial charge on any atom is -0.545 e. The van der Waals surface area contributed by atoms with Crippen molar-refractivity contribution in [2.75, 3.05) is 115 Å². The van der Waals surface area contributed by atoms with Crippen LogP contribution < -0.4 is 46.3 Å². The smallest absolute Gasteiger partial charge is 0.490 e. The SMILES string of the molecule is CC(C)(CNC(=O)CCOCCOCCOCCOCCNC(=O)c1ccc(C2=c3cc4c5c(c3Oc3c2cc2c6c3CCCN6CCC2)CCC[N+]=5CCC4)c(C(=O)[O-])c1)SSCO[C@@H]1C[C@H](n2cnc3c(N)ncnc32)O[C@@H]1COP(=O)(O)OP(=O)(O)OP(=O)(O)O. The number of nitrogens with two attached hydrogens (primary N) is 1. The summed E-state index contributed by atoms with van der Waals surface area (Å²) in [5.74, 6) is -0.234. The van der Waals surface area contributed by atoms with Crippen molar-refractivity contribution in [3.05, 3.63) is 98.1 Å². The van der Waals surface area contributed by atoms with Crippen molar-refractivity contribution in [3.63, 3.8) is 0 Å². The van der Waals surface area contributed by atoms with Crippen LogP contribution in [0.5, 0.6) is 11.5 Å². The van der Waals surface area contributed by atoms with E-state index in [9.17, 15) is 43.0 Å². The Morgan fingerprint density at radius 3 is 2.26 bits per heavy atom. The maximum absolute atomic E-state index is 13.5. The molecule has 6 aliphatic heterocycles. The number of benzene rings is 3. The average Bonchev–Trinajstić information content (AvgIpc) is 0.763. The van der Waals surface area contributed by atoms with Crippen molar-refractivity contribution in [3.8, 4) is 11.5 Å². The predicted octanol–water partition coefficient (Wildman–Crippen LogP) is 3.34. The molecule has 94 heavy (non-hydrogen) atoms. The van der Waals surface area contributed by atoms with Gasteiger partial charge in [-0.1, -0.05) is 27.7 Å². The van der Waals surface area contributed by atoms with Crippen LogP contribution in [-0.4, -0.2) is 179 Å². The van der Waals surface area contributed by atoms with Gasteiger partial charge in [0.15, 0.2) is 11.5 Å². The molecule has 510 valence electrons. The first-order valence-corrected chi connectivity index (χ1v) is 37.8. The predicted molar refractivity (Wildman–Crippen MR) is 341 cm³/mol. The highest BCUT2D eigenvalue weighted by atomic mass is 33.1. The number of carbonyl (C=O) groups excluding carboxylic acids is 3. The standard InChI is InChI=1S/C59H76N9O21P3S2/c1-59(2,94-93-35-84-45-30-48(68-34-65-50-55(60)63-33-64-56(50)68)86-46(45)31-85-91(76,77)89-92(78,79)88-90(73,74)75)32-62-47(69)13-19-80-21-23-82-25-26-83-24-22-81-20-14-61-57(70)38-11-12-39(42(29-38)58(71)72)49-43-27-36-7-3-15-66-17-5-9-40(51(36)66)53(43)87-54-41-10-6-18-67-16-4-8-37(52(41)67)28-44(49)54/h11-12,27-29,33-34,45-46,48H,3-10,13-26,30-32,35H2,1-2H3,(H8-,60,61,62,63,64,69,70,71,72,73,74,75,76,77,78,79)/t45-,46-,48-/m1/s1. The van der Waals surface area contributed by atoms with E-state index < -0.39 is 65.1 Å². The number of amides is 2. The van der Waals surface area contributed by atoms with E-state index in [2.05, 4.69) is 55.8 Å². The third-order valence-electron chi connectivity index (χ3n) is 16.6. The van der Waals surface area contributed by atoms with E-state index in [4.69, 9.17) is 53.2 Å². The number of rotatable bonds is 33. The number of carbonyl (C=O) groups is 3. The summed E-state index contributed by atoms with van der Waals surface area (Å²) in [7, 11) is -14.1. The number of anilines is 2. The molecule has 0 radical (unpaired) electrons. The summed E-state index contributed by atoms with van der Waals surface area (Å²) in [5, 5.41) is 21.1. The molecule has 8 N–H and O–H groups in total. The van der Waals surface area contributed by atoms with Gasteiger partial charge >= 0.3 is 23.5 Å². The number of aromatic nitrogens is 4. The fourth-order valence-electron chi connectivity index (χ4n) is 12.6. The first-order chi connectivity index (χ1) is 45.0. The second-order valence-electron chi connectivity index (χ2n) is 23.7. The van der Waals surface area contributed by atoms with E-state index in [1.54, 1.807) is 12.1 Å². The highest BCUT2D eigenvalue weighted by Gasteiger charge is 2.44. The number of carboxylic acids is 1. The summed E-state index contributed by atoms with van der Waals surface area (Å²) in [6.07, 6.45) is 7.86. The van der Waals surface area contributed by atoms with Gasteiger partial charge < -0.3 is 83.9 Å². The van der Waals surface area contributed by atoms with E-state index in [0.29, 0.717) is 31.0 Å². The van der Waals surface area contributed by atoms with Crippen LogP contribution in [0.2, 0.25) is 0 Å². The molecule has 5 atom stereocenters.